The maximum atomic E-state index is 13.3. The van der Waals surface area contributed by atoms with E-state index >= 15 is 0 Å². The molecule has 0 saturated carbocycles. The Morgan fingerprint density at radius 2 is 1.79 bits per heavy atom. The van der Waals surface area contributed by atoms with E-state index in [2.05, 4.69) is 23.7 Å². The molecule has 4 aromatic rings. The van der Waals surface area contributed by atoms with E-state index in [9.17, 15) is 9.90 Å². The second-order valence-corrected chi connectivity index (χ2v) is 10.5. The Hall–Kier alpha value is -3.24. The number of hydrogen-bond donors (Lipinski definition) is 2. The largest absolute Gasteiger partial charge is 0.493 e. The molecule has 0 radical (unpaired) electrons. The molecule has 0 spiro atoms. The molecule has 9 heteroatoms. The van der Waals surface area contributed by atoms with Crippen LogP contribution in [-0.4, -0.2) is 60.1 Å². The number of aliphatic hydroxyl groups is 1. The van der Waals surface area contributed by atoms with Crippen LogP contribution in [-0.2, 0) is 17.8 Å². The molecule has 38 heavy (non-hydrogen) atoms. The van der Waals surface area contributed by atoms with Crippen molar-refractivity contribution in [3.8, 4) is 22.6 Å². The van der Waals surface area contributed by atoms with Crippen molar-refractivity contribution in [2.24, 2.45) is 5.92 Å². The van der Waals surface area contributed by atoms with E-state index in [1.165, 1.54) is 11.3 Å². The number of thiophene rings is 1. The molecule has 2 aromatic carbocycles. The van der Waals surface area contributed by atoms with E-state index in [4.69, 9.17) is 19.2 Å². The number of aromatic nitrogens is 2. The number of benzene rings is 2. The molecule has 2 aromatic heterocycles. The van der Waals surface area contributed by atoms with E-state index in [1.807, 2.05) is 53.9 Å². The van der Waals surface area contributed by atoms with Crippen LogP contribution in [0.5, 0.6) is 11.5 Å². The zero-order valence-electron chi connectivity index (χ0n) is 22.3. The Balaban J connectivity index is 1.58. The third kappa shape index (κ3) is 6.99. The molecule has 0 fully saturated rings. The van der Waals surface area contributed by atoms with E-state index in [-0.39, 0.29) is 12.2 Å². The van der Waals surface area contributed by atoms with Crippen molar-refractivity contribution < 1.29 is 19.3 Å². The van der Waals surface area contributed by atoms with Crippen LogP contribution in [0.1, 0.15) is 25.2 Å². The van der Waals surface area contributed by atoms with Gasteiger partial charge in [-0.3, -0.25) is 9.69 Å². The fourth-order valence-electron chi connectivity index (χ4n) is 4.31. The molecule has 0 bridgehead atoms. The van der Waals surface area contributed by atoms with Gasteiger partial charge in [0.1, 0.15) is 10.7 Å². The van der Waals surface area contributed by atoms with Crippen LogP contribution in [0.2, 0.25) is 0 Å². The van der Waals surface area contributed by atoms with Gasteiger partial charge in [0.15, 0.2) is 11.5 Å². The maximum Gasteiger partial charge on any atom is 0.260 e. The Morgan fingerprint density at radius 3 is 2.50 bits per heavy atom. The molecule has 202 valence electrons. The first-order chi connectivity index (χ1) is 18.4. The highest BCUT2D eigenvalue weighted by Gasteiger charge is 2.18. The molecule has 0 amide bonds. The van der Waals surface area contributed by atoms with Gasteiger partial charge < -0.3 is 24.3 Å². The third-order valence-corrected chi connectivity index (χ3v) is 6.91. The van der Waals surface area contributed by atoms with Gasteiger partial charge >= 0.3 is 0 Å². The molecule has 0 aliphatic heterocycles. The molecule has 8 nitrogen and oxygen atoms in total. The van der Waals surface area contributed by atoms with Crippen LogP contribution >= 0.6 is 11.3 Å². The van der Waals surface area contributed by atoms with E-state index in [0.717, 1.165) is 16.7 Å². The topological polar surface area (TPSA) is 96.9 Å². The van der Waals surface area contributed by atoms with Crippen molar-refractivity contribution in [3.05, 3.63) is 75.7 Å². The highest BCUT2D eigenvalue weighted by Crippen LogP contribution is 2.36. The smallest absolute Gasteiger partial charge is 0.260 e. The van der Waals surface area contributed by atoms with Crippen molar-refractivity contribution in [2.45, 2.75) is 33.0 Å². The summed E-state index contributed by atoms with van der Waals surface area (Å²) in [7, 11) is 3.18. The van der Waals surface area contributed by atoms with Gasteiger partial charge in [0.2, 0.25) is 0 Å². The molecular weight excluding hydrogens is 502 g/mol. The Bertz CT molecular complexity index is 1390. The number of rotatable bonds is 13. The lowest BCUT2D eigenvalue weighted by molar-refractivity contribution is 0.00517. The zero-order chi connectivity index (χ0) is 27.1. The molecule has 0 saturated heterocycles. The van der Waals surface area contributed by atoms with Crippen LogP contribution < -0.4 is 15.0 Å². The summed E-state index contributed by atoms with van der Waals surface area (Å²) in [5.41, 5.74) is 2.56. The summed E-state index contributed by atoms with van der Waals surface area (Å²) in [6, 6.07) is 15.6. The SMILES string of the molecule is COc1ccc(-c2csc3nc(CN(Cc4ccccc4)C[C@@H](O)COCC(C)C)[nH]c(=O)c23)cc1OC. The average Bonchev–Trinajstić information content (AvgIpc) is 3.33. The minimum absolute atomic E-state index is 0.198. The van der Waals surface area contributed by atoms with Gasteiger partial charge in [-0.2, -0.15) is 0 Å². The normalized spacial score (nSPS) is 12.4. The summed E-state index contributed by atoms with van der Waals surface area (Å²) in [5, 5.41) is 13.1. The van der Waals surface area contributed by atoms with Gasteiger partial charge in [-0.1, -0.05) is 50.2 Å². The maximum absolute atomic E-state index is 13.3. The lowest BCUT2D eigenvalue weighted by Crippen LogP contribution is -2.35. The minimum Gasteiger partial charge on any atom is -0.493 e. The van der Waals surface area contributed by atoms with Crippen LogP contribution in [0.3, 0.4) is 0 Å². The average molecular weight is 538 g/mol. The quantitative estimate of drug-likeness (QED) is 0.255. The van der Waals surface area contributed by atoms with Crippen molar-refractivity contribution >= 4 is 21.6 Å². The molecule has 2 N–H and O–H groups in total. The number of H-pyrrole nitrogens is 1. The molecule has 0 aliphatic rings. The van der Waals surface area contributed by atoms with Gasteiger partial charge in [-0.15, -0.1) is 11.3 Å². The van der Waals surface area contributed by atoms with Crippen LogP contribution in [0.15, 0.2) is 58.7 Å². The van der Waals surface area contributed by atoms with Gasteiger partial charge in [-0.05, 0) is 29.2 Å². The fraction of sp³-hybridized carbons (Fsp3) is 0.379. The monoisotopic (exact) mass is 537 g/mol. The third-order valence-electron chi connectivity index (χ3n) is 6.04. The first-order valence-corrected chi connectivity index (χ1v) is 13.5. The van der Waals surface area contributed by atoms with Crippen molar-refractivity contribution in [2.75, 3.05) is 34.0 Å². The van der Waals surface area contributed by atoms with Crippen molar-refractivity contribution in [1.29, 1.82) is 0 Å². The first kappa shape index (κ1) is 27.8. The standard InChI is InChI=1S/C29H35N3O5S/c1-19(2)16-37-17-22(33)14-32(13-20-8-6-5-7-9-20)15-26-30-28(34)27-23(18-38-29(27)31-26)21-10-11-24(35-3)25(12-21)36-4/h5-12,18-19,22,33H,13-17H2,1-4H3,(H,30,31,34)/t22-/m1/s1. The minimum atomic E-state index is -0.661. The summed E-state index contributed by atoms with van der Waals surface area (Å²) < 4.78 is 16.4. The first-order valence-electron chi connectivity index (χ1n) is 12.6. The zero-order valence-corrected chi connectivity index (χ0v) is 23.1. The predicted molar refractivity (Wildman–Crippen MR) is 151 cm³/mol. The van der Waals surface area contributed by atoms with Crippen LogP contribution in [0, 0.1) is 5.92 Å². The molecule has 2 heterocycles. The fourth-order valence-corrected chi connectivity index (χ4v) is 5.28. The lowest BCUT2D eigenvalue weighted by atomic mass is 10.1. The van der Waals surface area contributed by atoms with Gasteiger partial charge in [-0.25, -0.2) is 4.98 Å². The highest BCUT2D eigenvalue weighted by molar-refractivity contribution is 7.17. The Kier molecular flexibility index (Phi) is 9.52. The molecule has 0 unspecified atom stereocenters. The number of aromatic amines is 1. The molecule has 0 aliphatic carbocycles. The van der Waals surface area contributed by atoms with Gasteiger partial charge in [0.25, 0.3) is 5.56 Å². The second kappa shape index (κ2) is 13.0. The summed E-state index contributed by atoms with van der Waals surface area (Å²) in [5.74, 6) is 2.17. The van der Waals surface area contributed by atoms with Crippen LogP contribution in [0.4, 0.5) is 0 Å². The Labute approximate surface area is 226 Å². The number of nitrogens with one attached hydrogen (secondary N) is 1. The van der Waals surface area contributed by atoms with Crippen molar-refractivity contribution in [3.63, 3.8) is 0 Å². The molecule has 1 atom stereocenters. The highest BCUT2D eigenvalue weighted by atomic mass is 32.1. The van der Waals surface area contributed by atoms with Gasteiger partial charge in [0.05, 0.1) is 38.9 Å². The number of hydrogen-bond acceptors (Lipinski definition) is 8. The van der Waals surface area contributed by atoms with Crippen molar-refractivity contribution in [1.82, 2.24) is 14.9 Å². The predicted octanol–water partition coefficient (Wildman–Crippen LogP) is 4.70. The number of ether oxygens (including phenoxy) is 3. The molecule has 4 rings (SSSR count). The lowest BCUT2D eigenvalue weighted by Gasteiger charge is -2.25. The van der Waals surface area contributed by atoms with E-state index in [1.54, 1.807) is 14.2 Å². The second-order valence-electron chi connectivity index (χ2n) is 9.65. The number of methoxy groups -OCH3 is 2. The Morgan fingerprint density at radius 1 is 1.03 bits per heavy atom. The number of aliphatic hydroxyl groups excluding tert-OH is 1. The van der Waals surface area contributed by atoms with Crippen LogP contribution in [0.25, 0.3) is 21.3 Å². The number of fused-ring (bicyclic) bond motifs is 1. The van der Waals surface area contributed by atoms with Gasteiger partial charge in [0, 0.05) is 30.6 Å². The summed E-state index contributed by atoms with van der Waals surface area (Å²) in [6.45, 7) is 6.38. The van der Waals surface area contributed by atoms with E-state index < -0.39 is 6.10 Å². The summed E-state index contributed by atoms with van der Waals surface area (Å²) >= 11 is 1.43. The molecular formula is C29H35N3O5S. The number of nitrogens with zero attached hydrogens (tertiary/aromatic N) is 2. The summed E-state index contributed by atoms with van der Waals surface area (Å²) in [6.07, 6.45) is -0.661. The van der Waals surface area contributed by atoms with E-state index in [0.29, 0.717) is 59.7 Å². The summed E-state index contributed by atoms with van der Waals surface area (Å²) in [4.78, 5) is 23.8.